The van der Waals surface area contributed by atoms with E-state index in [0.717, 1.165) is 0 Å². The van der Waals surface area contributed by atoms with Gasteiger partial charge in [-0.3, -0.25) is 0 Å². The zero-order chi connectivity index (χ0) is 17.7. The Kier molecular flexibility index (Phi) is 5.55. The lowest BCUT2D eigenvalue weighted by Crippen LogP contribution is -2.26. The predicted molar refractivity (Wildman–Crippen MR) is 82.6 cm³/mol. The van der Waals surface area contributed by atoms with Gasteiger partial charge in [0, 0.05) is 7.11 Å². The topological polar surface area (TPSA) is 94.6 Å². The number of nitriles is 1. The van der Waals surface area contributed by atoms with Gasteiger partial charge in [0.2, 0.25) is 5.88 Å². The summed E-state index contributed by atoms with van der Waals surface area (Å²) >= 11 is 0. The fourth-order valence-corrected chi connectivity index (χ4v) is 2.43. The van der Waals surface area contributed by atoms with Gasteiger partial charge in [-0.25, -0.2) is 9.18 Å². The summed E-state index contributed by atoms with van der Waals surface area (Å²) in [5, 5.41) is 9.41. The van der Waals surface area contributed by atoms with Crippen LogP contribution in [0, 0.1) is 17.1 Å². The highest BCUT2D eigenvalue weighted by atomic mass is 19.1. The van der Waals surface area contributed by atoms with E-state index in [1.54, 1.807) is 6.92 Å². The highest BCUT2D eigenvalue weighted by Crippen LogP contribution is 2.39. The Labute approximate surface area is 138 Å². The minimum absolute atomic E-state index is 0.0589. The lowest BCUT2D eigenvalue weighted by molar-refractivity contribution is -0.140. The third kappa shape index (κ3) is 3.55. The third-order valence-electron chi connectivity index (χ3n) is 3.55. The van der Waals surface area contributed by atoms with Crippen molar-refractivity contribution in [1.82, 2.24) is 0 Å². The van der Waals surface area contributed by atoms with Gasteiger partial charge in [0.15, 0.2) is 0 Å². The predicted octanol–water partition coefficient (Wildman–Crippen LogP) is 2.10. The summed E-state index contributed by atoms with van der Waals surface area (Å²) in [6, 6.07) is 7.44. The molecule has 1 aliphatic rings. The van der Waals surface area contributed by atoms with Gasteiger partial charge in [-0.1, -0.05) is 12.1 Å². The second-order valence-electron chi connectivity index (χ2n) is 5.07. The highest BCUT2D eigenvalue weighted by Gasteiger charge is 2.36. The van der Waals surface area contributed by atoms with Crippen LogP contribution in [0.15, 0.2) is 47.1 Å². The standard InChI is InChI=1S/C17H17FN2O4/c1-10-14(17(21)23-8-7-22-2)15(13(9-19)16(20)24-10)11-3-5-12(18)6-4-11/h3-6,15H,7-8,20H2,1-2H3/t15-/m1/s1. The van der Waals surface area contributed by atoms with Gasteiger partial charge < -0.3 is 19.9 Å². The molecule has 0 aromatic heterocycles. The number of halogens is 1. The molecule has 1 aromatic carbocycles. The van der Waals surface area contributed by atoms with E-state index in [2.05, 4.69) is 0 Å². The normalized spacial score (nSPS) is 17.3. The Morgan fingerprint density at radius 1 is 1.38 bits per heavy atom. The monoisotopic (exact) mass is 332 g/mol. The molecule has 0 saturated carbocycles. The van der Waals surface area contributed by atoms with Crippen LogP contribution >= 0.6 is 0 Å². The van der Waals surface area contributed by atoms with E-state index < -0.39 is 17.7 Å². The number of nitrogens with two attached hydrogens (primary N) is 1. The molecule has 1 aliphatic heterocycles. The minimum Gasteiger partial charge on any atom is -0.460 e. The molecule has 7 heteroatoms. The maximum absolute atomic E-state index is 13.2. The summed E-state index contributed by atoms with van der Waals surface area (Å²) in [5.41, 5.74) is 6.55. The Hall–Kier alpha value is -2.85. The van der Waals surface area contributed by atoms with E-state index in [0.29, 0.717) is 5.56 Å². The quantitative estimate of drug-likeness (QED) is 0.655. The minimum atomic E-state index is -0.778. The van der Waals surface area contributed by atoms with E-state index >= 15 is 0 Å². The molecule has 1 heterocycles. The molecule has 0 aliphatic carbocycles. The molecule has 2 rings (SSSR count). The van der Waals surface area contributed by atoms with E-state index in [9.17, 15) is 14.4 Å². The summed E-state index contributed by atoms with van der Waals surface area (Å²) in [5.74, 6) is -1.69. The Morgan fingerprint density at radius 3 is 2.62 bits per heavy atom. The second kappa shape index (κ2) is 7.62. The van der Waals surface area contributed by atoms with E-state index in [-0.39, 0.29) is 36.0 Å². The summed E-state index contributed by atoms with van der Waals surface area (Å²) < 4.78 is 28.5. The Bertz CT molecular complexity index is 732. The molecule has 0 spiro atoms. The zero-order valence-corrected chi connectivity index (χ0v) is 13.3. The molecule has 6 nitrogen and oxygen atoms in total. The number of esters is 1. The van der Waals surface area contributed by atoms with E-state index in [1.165, 1.54) is 31.4 Å². The number of hydrogen-bond acceptors (Lipinski definition) is 6. The first-order valence-electron chi connectivity index (χ1n) is 7.19. The summed E-state index contributed by atoms with van der Waals surface area (Å²) in [6.07, 6.45) is 0. The van der Waals surface area contributed by atoms with Crippen LogP contribution in [0.25, 0.3) is 0 Å². The number of ether oxygens (including phenoxy) is 3. The number of allylic oxidation sites excluding steroid dienone is 2. The molecule has 126 valence electrons. The SMILES string of the molecule is COCCOC(=O)C1=C(C)OC(N)=C(C#N)[C@H]1c1ccc(F)cc1. The molecule has 1 atom stereocenters. The van der Waals surface area contributed by atoms with Gasteiger partial charge in [0.25, 0.3) is 0 Å². The van der Waals surface area contributed by atoms with E-state index in [4.69, 9.17) is 19.9 Å². The average molecular weight is 332 g/mol. The Morgan fingerprint density at radius 2 is 2.04 bits per heavy atom. The van der Waals surface area contributed by atoms with Crippen molar-refractivity contribution < 1.29 is 23.4 Å². The van der Waals surface area contributed by atoms with Crippen molar-refractivity contribution >= 4 is 5.97 Å². The lowest BCUT2D eigenvalue weighted by Gasteiger charge is -2.26. The number of benzene rings is 1. The van der Waals surface area contributed by atoms with Crippen molar-refractivity contribution in [1.29, 1.82) is 5.26 Å². The molecule has 0 unspecified atom stereocenters. The maximum atomic E-state index is 13.2. The van der Waals surface area contributed by atoms with Crippen LogP contribution in [0.2, 0.25) is 0 Å². The largest absolute Gasteiger partial charge is 0.460 e. The first-order valence-corrected chi connectivity index (χ1v) is 7.19. The average Bonchev–Trinajstić information content (AvgIpc) is 2.55. The first kappa shape index (κ1) is 17.5. The van der Waals surface area contributed by atoms with Crippen LogP contribution in [0.4, 0.5) is 4.39 Å². The molecule has 0 fully saturated rings. The summed E-state index contributed by atoms with van der Waals surface area (Å²) in [4.78, 5) is 12.4. The van der Waals surface area contributed by atoms with Crippen LogP contribution in [0.5, 0.6) is 0 Å². The molecule has 0 radical (unpaired) electrons. The fourth-order valence-electron chi connectivity index (χ4n) is 2.43. The first-order chi connectivity index (χ1) is 11.5. The molecule has 0 bridgehead atoms. The van der Waals surface area contributed by atoms with Crippen molar-refractivity contribution in [2.45, 2.75) is 12.8 Å². The molecule has 24 heavy (non-hydrogen) atoms. The van der Waals surface area contributed by atoms with Crippen molar-refractivity contribution in [3.8, 4) is 6.07 Å². The van der Waals surface area contributed by atoms with Gasteiger partial charge in [0.1, 0.15) is 29.8 Å². The molecule has 2 N–H and O–H groups in total. The fraction of sp³-hybridized carbons (Fsp3) is 0.294. The third-order valence-corrected chi connectivity index (χ3v) is 3.55. The number of hydrogen-bond donors (Lipinski definition) is 1. The lowest BCUT2D eigenvalue weighted by atomic mass is 9.83. The van der Waals surface area contributed by atoms with Crippen LogP contribution < -0.4 is 5.73 Å². The maximum Gasteiger partial charge on any atom is 0.338 e. The molecular weight excluding hydrogens is 315 g/mol. The van der Waals surface area contributed by atoms with Crippen LogP contribution in [-0.4, -0.2) is 26.3 Å². The smallest absolute Gasteiger partial charge is 0.338 e. The molecular formula is C17H17FN2O4. The van der Waals surface area contributed by atoms with Gasteiger partial charge in [0.05, 0.1) is 18.1 Å². The van der Waals surface area contributed by atoms with Gasteiger partial charge in [-0.15, -0.1) is 0 Å². The molecule has 0 amide bonds. The molecule has 1 aromatic rings. The van der Waals surface area contributed by atoms with Crippen molar-refractivity contribution in [2.24, 2.45) is 5.73 Å². The highest BCUT2D eigenvalue weighted by molar-refractivity contribution is 5.92. The van der Waals surface area contributed by atoms with Gasteiger partial charge in [-0.05, 0) is 24.6 Å². The van der Waals surface area contributed by atoms with Gasteiger partial charge in [-0.2, -0.15) is 5.26 Å². The number of rotatable bonds is 5. The summed E-state index contributed by atoms with van der Waals surface area (Å²) in [7, 11) is 1.49. The summed E-state index contributed by atoms with van der Waals surface area (Å²) in [6.45, 7) is 1.86. The van der Waals surface area contributed by atoms with Gasteiger partial charge >= 0.3 is 5.97 Å². The van der Waals surface area contributed by atoms with E-state index in [1.807, 2.05) is 6.07 Å². The van der Waals surface area contributed by atoms with Crippen LogP contribution in [0.1, 0.15) is 18.4 Å². The zero-order valence-electron chi connectivity index (χ0n) is 13.3. The van der Waals surface area contributed by atoms with Crippen LogP contribution in [0.3, 0.4) is 0 Å². The Balaban J connectivity index is 2.45. The van der Waals surface area contributed by atoms with Crippen molar-refractivity contribution in [3.63, 3.8) is 0 Å². The number of nitrogens with zero attached hydrogens (tertiary/aromatic N) is 1. The number of methoxy groups -OCH3 is 1. The van der Waals surface area contributed by atoms with Crippen LogP contribution in [-0.2, 0) is 19.0 Å². The second-order valence-corrected chi connectivity index (χ2v) is 5.07. The van der Waals surface area contributed by atoms with Crippen molar-refractivity contribution in [2.75, 3.05) is 20.3 Å². The number of carbonyl (C=O) groups is 1. The van der Waals surface area contributed by atoms with Crippen molar-refractivity contribution in [3.05, 3.63) is 58.4 Å². The molecule has 0 saturated heterocycles. The number of carbonyl (C=O) groups excluding carboxylic acids is 1.